The van der Waals surface area contributed by atoms with Gasteiger partial charge in [-0.3, -0.25) is 15.0 Å². The highest BCUT2D eigenvalue weighted by Crippen LogP contribution is 2.30. The van der Waals surface area contributed by atoms with Crippen LogP contribution in [0.3, 0.4) is 0 Å². The Labute approximate surface area is 177 Å². The van der Waals surface area contributed by atoms with Crippen LogP contribution in [-0.4, -0.2) is 31.3 Å². The van der Waals surface area contributed by atoms with E-state index >= 15 is 0 Å². The Morgan fingerprint density at radius 2 is 1.81 bits per heavy atom. The summed E-state index contributed by atoms with van der Waals surface area (Å²) < 4.78 is 0. The van der Waals surface area contributed by atoms with E-state index in [1.165, 1.54) is 12.4 Å². The molecule has 31 heavy (non-hydrogen) atoms. The van der Waals surface area contributed by atoms with Crippen molar-refractivity contribution in [1.82, 2.24) is 25.4 Å². The van der Waals surface area contributed by atoms with Crippen molar-refractivity contribution < 1.29 is 4.79 Å². The molecule has 0 saturated carbocycles. The maximum Gasteiger partial charge on any atom is 0.248 e. The molecule has 0 unspecified atom stereocenters. The Morgan fingerprint density at radius 3 is 2.65 bits per heavy atom. The molecule has 0 atom stereocenters. The van der Waals surface area contributed by atoms with Crippen LogP contribution in [0, 0.1) is 0 Å². The van der Waals surface area contributed by atoms with Gasteiger partial charge >= 0.3 is 0 Å². The number of hydrogen-bond acceptors (Lipinski definition) is 4. The summed E-state index contributed by atoms with van der Waals surface area (Å²) in [5.74, 6) is 0.501. The fourth-order valence-corrected chi connectivity index (χ4v) is 3.39. The predicted molar refractivity (Wildman–Crippen MR) is 121 cm³/mol. The Hall–Kier alpha value is -4.52. The molecule has 0 bridgehead atoms. The Morgan fingerprint density at radius 1 is 0.903 bits per heavy atom. The molecule has 0 radical (unpaired) electrons. The number of benzene rings is 3. The van der Waals surface area contributed by atoms with Crippen LogP contribution >= 0.6 is 0 Å². The Bertz CT molecular complexity index is 1370. The van der Waals surface area contributed by atoms with Crippen LogP contribution in [0.1, 0.15) is 5.56 Å². The quantitative estimate of drug-likeness (QED) is 0.369. The highest BCUT2D eigenvalue weighted by atomic mass is 16.1. The van der Waals surface area contributed by atoms with Gasteiger partial charge in [0, 0.05) is 28.3 Å². The third-order valence-corrected chi connectivity index (χ3v) is 4.88. The maximum absolute atomic E-state index is 12.3. The van der Waals surface area contributed by atoms with E-state index in [-0.39, 0.29) is 5.91 Å². The molecule has 7 nitrogen and oxygen atoms in total. The van der Waals surface area contributed by atoms with E-state index in [0.717, 1.165) is 33.3 Å². The van der Waals surface area contributed by atoms with Gasteiger partial charge in [-0.25, -0.2) is 4.98 Å². The number of aromatic amines is 2. The third kappa shape index (κ3) is 3.97. The molecule has 150 valence electrons. The number of anilines is 1. The topological polar surface area (TPSA) is 99.3 Å². The first-order valence-corrected chi connectivity index (χ1v) is 9.75. The summed E-state index contributed by atoms with van der Waals surface area (Å²) in [6.07, 6.45) is 4.79. The van der Waals surface area contributed by atoms with Gasteiger partial charge < -0.3 is 5.32 Å². The van der Waals surface area contributed by atoms with Crippen molar-refractivity contribution in [2.24, 2.45) is 0 Å². The highest BCUT2D eigenvalue weighted by Gasteiger charge is 2.11. The van der Waals surface area contributed by atoms with Crippen molar-refractivity contribution in [3.8, 4) is 22.6 Å². The largest absolute Gasteiger partial charge is 0.322 e. The normalized spacial score (nSPS) is 11.2. The molecule has 0 spiro atoms. The van der Waals surface area contributed by atoms with E-state index in [1.54, 1.807) is 6.08 Å². The number of nitrogens with one attached hydrogen (secondary N) is 3. The standard InChI is InChI=1S/C24H18N6O/c31-22(12-9-16-5-2-1-3-6-16)27-19-8-4-7-17(13-19)23-20-14-18(24-25-15-26-30-24)10-11-21(20)28-29-23/h1-15H,(H,27,31)(H,28,29)(H,25,26,30). The molecular formula is C24H18N6O. The number of carbonyl (C=O) groups excluding carboxylic acids is 1. The van der Waals surface area contributed by atoms with Crippen molar-refractivity contribution >= 4 is 28.6 Å². The lowest BCUT2D eigenvalue weighted by atomic mass is 10.0. The summed E-state index contributed by atoms with van der Waals surface area (Å²) in [6, 6.07) is 23.3. The molecule has 0 saturated heterocycles. The van der Waals surface area contributed by atoms with Gasteiger partial charge in [0.05, 0.1) is 11.2 Å². The van der Waals surface area contributed by atoms with E-state index in [1.807, 2.05) is 72.8 Å². The summed E-state index contributed by atoms with van der Waals surface area (Å²) in [7, 11) is 0. The van der Waals surface area contributed by atoms with Crippen molar-refractivity contribution in [3.05, 3.63) is 90.8 Å². The number of rotatable bonds is 5. The lowest BCUT2D eigenvalue weighted by molar-refractivity contribution is -0.111. The Kier molecular flexibility index (Phi) is 4.82. The number of nitrogens with zero attached hydrogens (tertiary/aromatic N) is 3. The predicted octanol–water partition coefficient (Wildman–Crippen LogP) is 4.67. The first-order chi connectivity index (χ1) is 15.3. The van der Waals surface area contributed by atoms with Gasteiger partial charge in [0.2, 0.25) is 5.91 Å². The second kappa shape index (κ2) is 8.08. The van der Waals surface area contributed by atoms with Gasteiger partial charge in [0.1, 0.15) is 6.33 Å². The minimum absolute atomic E-state index is 0.194. The third-order valence-electron chi connectivity index (χ3n) is 4.88. The zero-order chi connectivity index (χ0) is 21.0. The molecule has 2 aromatic heterocycles. The zero-order valence-corrected chi connectivity index (χ0v) is 16.4. The highest BCUT2D eigenvalue weighted by molar-refractivity contribution is 6.02. The number of amides is 1. The van der Waals surface area contributed by atoms with Gasteiger partial charge in [0.15, 0.2) is 5.82 Å². The average Bonchev–Trinajstić information content (AvgIpc) is 3.48. The van der Waals surface area contributed by atoms with Gasteiger partial charge in [0.25, 0.3) is 0 Å². The first-order valence-electron chi connectivity index (χ1n) is 9.75. The molecule has 5 aromatic rings. The van der Waals surface area contributed by atoms with Gasteiger partial charge in [-0.05, 0) is 42.0 Å². The lowest BCUT2D eigenvalue weighted by Gasteiger charge is -2.05. The molecule has 0 aliphatic heterocycles. The number of fused-ring (bicyclic) bond motifs is 1. The molecule has 3 aromatic carbocycles. The molecule has 5 rings (SSSR count). The molecule has 0 aliphatic carbocycles. The summed E-state index contributed by atoms with van der Waals surface area (Å²) >= 11 is 0. The molecule has 1 amide bonds. The zero-order valence-electron chi connectivity index (χ0n) is 16.4. The Balaban J connectivity index is 1.41. The minimum Gasteiger partial charge on any atom is -0.322 e. The van der Waals surface area contributed by atoms with E-state index in [4.69, 9.17) is 0 Å². The van der Waals surface area contributed by atoms with Crippen molar-refractivity contribution in [3.63, 3.8) is 0 Å². The van der Waals surface area contributed by atoms with Crippen LogP contribution < -0.4 is 5.32 Å². The SMILES string of the molecule is O=C(C=Cc1ccccc1)Nc1cccc(-c2n[nH]c3ccc(-c4ncn[nH]4)cc23)c1. The van der Waals surface area contributed by atoms with Crippen molar-refractivity contribution in [2.45, 2.75) is 0 Å². The van der Waals surface area contributed by atoms with Crippen LogP contribution in [0.5, 0.6) is 0 Å². The number of H-pyrrole nitrogens is 2. The second-order valence-corrected chi connectivity index (χ2v) is 6.98. The van der Waals surface area contributed by atoms with Crippen LogP contribution in [-0.2, 0) is 4.79 Å². The summed E-state index contributed by atoms with van der Waals surface area (Å²) in [5, 5.41) is 18.2. The lowest BCUT2D eigenvalue weighted by Crippen LogP contribution is -2.07. The fourth-order valence-electron chi connectivity index (χ4n) is 3.39. The molecule has 3 N–H and O–H groups in total. The van der Waals surface area contributed by atoms with E-state index in [2.05, 4.69) is 30.7 Å². The second-order valence-electron chi connectivity index (χ2n) is 6.98. The summed E-state index contributed by atoms with van der Waals surface area (Å²) in [4.78, 5) is 16.6. The fraction of sp³-hybridized carbons (Fsp3) is 0. The van der Waals surface area contributed by atoms with E-state index in [0.29, 0.717) is 11.5 Å². The smallest absolute Gasteiger partial charge is 0.248 e. The molecule has 2 heterocycles. The summed E-state index contributed by atoms with van der Waals surface area (Å²) in [6.45, 7) is 0. The molecule has 0 fully saturated rings. The van der Waals surface area contributed by atoms with E-state index in [9.17, 15) is 4.79 Å². The van der Waals surface area contributed by atoms with Crippen LogP contribution in [0.15, 0.2) is 85.2 Å². The number of carbonyl (C=O) groups is 1. The van der Waals surface area contributed by atoms with Crippen LogP contribution in [0.25, 0.3) is 39.6 Å². The van der Waals surface area contributed by atoms with Gasteiger partial charge in [-0.1, -0.05) is 42.5 Å². The van der Waals surface area contributed by atoms with Crippen molar-refractivity contribution in [1.29, 1.82) is 0 Å². The number of hydrogen-bond donors (Lipinski definition) is 3. The first kappa shape index (κ1) is 18.5. The average molecular weight is 406 g/mol. The molecule has 7 heteroatoms. The molecular weight excluding hydrogens is 388 g/mol. The van der Waals surface area contributed by atoms with E-state index < -0.39 is 0 Å². The monoisotopic (exact) mass is 406 g/mol. The molecule has 0 aliphatic rings. The van der Waals surface area contributed by atoms with Gasteiger partial charge in [-0.15, -0.1) is 0 Å². The summed E-state index contributed by atoms with van der Waals surface area (Å²) in [5.41, 5.74) is 5.19. The minimum atomic E-state index is -0.194. The van der Waals surface area contributed by atoms with Crippen LogP contribution in [0.4, 0.5) is 5.69 Å². The number of aromatic nitrogens is 5. The van der Waals surface area contributed by atoms with Crippen molar-refractivity contribution in [2.75, 3.05) is 5.32 Å². The maximum atomic E-state index is 12.3. The van der Waals surface area contributed by atoms with Gasteiger partial charge in [-0.2, -0.15) is 10.2 Å². The van der Waals surface area contributed by atoms with Crippen LogP contribution in [0.2, 0.25) is 0 Å².